The van der Waals surface area contributed by atoms with Gasteiger partial charge in [0.15, 0.2) is 0 Å². The van der Waals surface area contributed by atoms with Crippen LogP contribution in [0.3, 0.4) is 0 Å². The number of hydrogen-bond donors (Lipinski definition) is 1. The number of benzene rings is 1. The molecule has 5 heteroatoms. The van der Waals surface area contributed by atoms with Crippen molar-refractivity contribution < 1.29 is 13.5 Å². The van der Waals surface area contributed by atoms with E-state index in [-0.39, 0.29) is 11.7 Å². The summed E-state index contributed by atoms with van der Waals surface area (Å²) in [6.07, 6.45) is -0.250. The molecule has 0 radical (unpaired) electrons. The number of rotatable bonds is 3. The van der Waals surface area contributed by atoms with Crippen LogP contribution in [0.1, 0.15) is 11.6 Å². The fraction of sp³-hybridized carbons (Fsp3) is 0.538. The summed E-state index contributed by atoms with van der Waals surface area (Å²) in [4.78, 5) is 1.94. The summed E-state index contributed by atoms with van der Waals surface area (Å²) in [6.45, 7) is 1.80. The lowest BCUT2D eigenvalue weighted by atomic mass is 9.97. The molecule has 1 aromatic rings. The van der Waals surface area contributed by atoms with Crippen molar-refractivity contribution in [2.24, 2.45) is 0 Å². The van der Waals surface area contributed by atoms with E-state index in [2.05, 4.69) is 5.32 Å². The van der Waals surface area contributed by atoms with Crippen LogP contribution in [0.4, 0.5) is 8.78 Å². The molecule has 1 aliphatic rings. The minimum absolute atomic E-state index is 0.0972. The zero-order valence-corrected chi connectivity index (χ0v) is 10.6. The van der Waals surface area contributed by atoms with Crippen molar-refractivity contribution in [2.45, 2.75) is 12.1 Å². The Balaban J connectivity index is 2.37. The van der Waals surface area contributed by atoms with E-state index >= 15 is 0 Å². The van der Waals surface area contributed by atoms with E-state index in [1.165, 1.54) is 18.2 Å². The van der Waals surface area contributed by atoms with Crippen molar-refractivity contribution in [3.63, 3.8) is 0 Å². The van der Waals surface area contributed by atoms with Crippen molar-refractivity contribution in [2.75, 3.05) is 33.8 Å². The van der Waals surface area contributed by atoms with E-state index in [0.717, 1.165) is 0 Å². The van der Waals surface area contributed by atoms with Crippen LogP contribution in [0.2, 0.25) is 0 Å². The maximum Gasteiger partial charge on any atom is 0.131 e. The molecule has 1 aliphatic heterocycles. The normalized spacial score (nSPS) is 25.3. The molecular formula is C13H18F2N2O. The molecule has 0 aromatic heterocycles. The third-order valence-corrected chi connectivity index (χ3v) is 3.30. The standard InChI is InChI=1S/C13H18F2N2O/c1-16-8-11-13(17(2)6-7-18-11)12-9(14)4-3-5-10(12)15/h3-5,11,13,16H,6-8H2,1-2H3. The van der Waals surface area contributed by atoms with Gasteiger partial charge in [0.05, 0.1) is 18.8 Å². The Bertz CT molecular complexity index is 392. The average Bonchev–Trinajstić information content (AvgIpc) is 2.32. The third-order valence-electron chi connectivity index (χ3n) is 3.30. The van der Waals surface area contributed by atoms with Gasteiger partial charge in [0.25, 0.3) is 0 Å². The maximum atomic E-state index is 13.9. The van der Waals surface area contributed by atoms with Gasteiger partial charge >= 0.3 is 0 Å². The Kier molecular flexibility index (Phi) is 4.27. The highest BCUT2D eigenvalue weighted by Gasteiger charge is 2.34. The van der Waals surface area contributed by atoms with Gasteiger partial charge in [-0.25, -0.2) is 8.78 Å². The second-order valence-electron chi connectivity index (χ2n) is 4.53. The number of ether oxygens (including phenoxy) is 1. The molecule has 1 fully saturated rings. The van der Waals surface area contributed by atoms with E-state index in [1.807, 2.05) is 11.9 Å². The van der Waals surface area contributed by atoms with Crippen molar-refractivity contribution >= 4 is 0 Å². The summed E-state index contributed by atoms with van der Waals surface area (Å²) in [6, 6.07) is 3.56. The summed E-state index contributed by atoms with van der Waals surface area (Å²) in [5.74, 6) is -1.03. The van der Waals surface area contributed by atoms with Crippen LogP contribution in [-0.2, 0) is 4.74 Å². The first-order chi connectivity index (χ1) is 8.65. The number of halogens is 2. The summed E-state index contributed by atoms with van der Waals surface area (Å²) >= 11 is 0. The second-order valence-corrected chi connectivity index (χ2v) is 4.53. The van der Waals surface area contributed by atoms with Gasteiger partial charge < -0.3 is 10.1 Å². The molecule has 0 aliphatic carbocycles. The molecule has 100 valence electrons. The quantitative estimate of drug-likeness (QED) is 0.888. The highest BCUT2D eigenvalue weighted by molar-refractivity contribution is 5.25. The molecule has 1 heterocycles. The molecule has 0 spiro atoms. The smallest absolute Gasteiger partial charge is 0.131 e. The topological polar surface area (TPSA) is 24.5 Å². The van der Waals surface area contributed by atoms with Gasteiger partial charge in [-0.05, 0) is 26.2 Å². The molecule has 0 amide bonds. The molecule has 18 heavy (non-hydrogen) atoms. The minimum Gasteiger partial charge on any atom is -0.374 e. The summed E-state index contributed by atoms with van der Waals surface area (Å²) in [7, 11) is 3.66. The molecule has 0 saturated carbocycles. The van der Waals surface area contributed by atoms with Crippen molar-refractivity contribution in [1.82, 2.24) is 10.2 Å². The van der Waals surface area contributed by atoms with E-state index < -0.39 is 17.7 Å². The zero-order valence-electron chi connectivity index (χ0n) is 10.6. The SMILES string of the molecule is CNCC1OCCN(C)C1c1c(F)cccc1F. The van der Waals surface area contributed by atoms with Crippen LogP contribution in [0.15, 0.2) is 18.2 Å². The Hall–Kier alpha value is -1.04. The number of nitrogens with zero attached hydrogens (tertiary/aromatic N) is 1. The van der Waals surface area contributed by atoms with E-state index in [0.29, 0.717) is 19.7 Å². The van der Waals surface area contributed by atoms with E-state index in [1.54, 1.807) is 7.05 Å². The molecule has 2 atom stereocenters. The molecule has 1 saturated heterocycles. The van der Waals surface area contributed by atoms with Gasteiger partial charge in [-0.15, -0.1) is 0 Å². The maximum absolute atomic E-state index is 13.9. The molecule has 0 bridgehead atoms. The second kappa shape index (κ2) is 5.73. The van der Waals surface area contributed by atoms with Gasteiger partial charge in [0.2, 0.25) is 0 Å². The minimum atomic E-state index is -0.515. The number of hydrogen-bond acceptors (Lipinski definition) is 3. The highest BCUT2D eigenvalue weighted by Crippen LogP contribution is 2.31. The Morgan fingerprint density at radius 2 is 2.06 bits per heavy atom. The largest absolute Gasteiger partial charge is 0.374 e. The van der Waals surface area contributed by atoms with Crippen molar-refractivity contribution in [3.8, 4) is 0 Å². The number of nitrogens with one attached hydrogen (secondary N) is 1. The zero-order chi connectivity index (χ0) is 13.1. The molecule has 1 N–H and O–H groups in total. The predicted molar refractivity (Wildman–Crippen MR) is 65.4 cm³/mol. The lowest BCUT2D eigenvalue weighted by Gasteiger charge is -2.39. The number of likely N-dealkylation sites (N-methyl/N-ethyl adjacent to an activating group) is 2. The molecule has 2 unspecified atom stereocenters. The fourth-order valence-corrected chi connectivity index (χ4v) is 2.43. The monoisotopic (exact) mass is 256 g/mol. The summed E-state index contributed by atoms with van der Waals surface area (Å²) in [5, 5.41) is 3.00. The van der Waals surface area contributed by atoms with Crippen LogP contribution in [0, 0.1) is 11.6 Å². The van der Waals surface area contributed by atoms with Crippen LogP contribution < -0.4 is 5.32 Å². The lowest BCUT2D eigenvalue weighted by molar-refractivity contribution is -0.0627. The molecule has 3 nitrogen and oxygen atoms in total. The first-order valence-corrected chi connectivity index (χ1v) is 6.05. The van der Waals surface area contributed by atoms with Gasteiger partial charge in [0.1, 0.15) is 11.6 Å². The van der Waals surface area contributed by atoms with Crippen LogP contribution in [-0.4, -0.2) is 44.8 Å². The van der Waals surface area contributed by atoms with Gasteiger partial charge in [-0.3, -0.25) is 4.90 Å². The highest BCUT2D eigenvalue weighted by atomic mass is 19.1. The van der Waals surface area contributed by atoms with Crippen LogP contribution in [0.5, 0.6) is 0 Å². The van der Waals surface area contributed by atoms with Gasteiger partial charge in [0, 0.05) is 18.7 Å². The van der Waals surface area contributed by atoms with Gasteiger partial charge in [-0.2, -0.15) is 0 Å². The van der Waals surface area contributed by atoms with Crippen molar-refractivity contribution in [3.05, 3.63) is 35.4 Å². The molecule has 2 rings (SSSR count). The van der Waals surface area contributed by atoms with E-state index in [4.69, 9.17) is 4.74 Å². The lowest BCUT2D eigenvalue weighted by Crippen LogP contribution is -2.47. The Morgan fingerprint density at radius 1 is 1.39 bits per heavy atom. The summed E-state index contributed by atoms with van der Waals surface area (Å²) < 4.78 is 33.4. The Labute approximate surface area is 106 Å². The molecule has 1 aromatic carbocycles. The average molecular weight is 256 g/mol. The molecular weight excluding hydrogens is 238 g/mol. The fourth-order valence-electron chi connectivity index (χ4n) is 2.43. The Morgan fingerprint density at radius 3 is 2.67 bits per heavy atom. The van der Waals surface area contributed by atoms with Crippen LogP contribution >= 0.6 is 0 Å². The first-order valence-electron chi connectivity index (χ1n) is 6.05. The third kappa shape index (κ3) is 2.53. The van der Waals surface area contributed by atoms with Gasteiger partial charge in [-0.1, -0.05) is 6.07 Å². The van der Waals surface area contributed by atoms with E-state index in [9.17, 15) is 8.78 Å². The predicted octanol–water partition coefficient (Wildman–Crippen LogP) is 1.56. The summed E-state index contributed by atoms with van der Waals surface area (Å²) in [5.41, 5.74) is 0.0972. The first kappa shape index (κ1) is 13.4. The van der Waals surface area contributed by atoms with Crippen molar-refractivity contribution in [1.29, 1.82) is 0 Å². The number of morpholine rings is 1. The van der Waals surface area contributed by atoms with Crippen LogP contribution in [0.25, 0.3) is 0 Å².